The van der Waals surface area contributed by atoms with E-state index in [4.69, 9.17) is 28.6 Å². The molecule has 0 bridgehead atoms. The minimum absolute atomic E-state index is 0.582. The molecule has 0 amide bonds. The molecule has 5 heteroatoms. The average Bonchev–Trinajstić information content (AvgIpc) is 2.77. The summed E-state index contributed by atoms with van der Waals surface area (Å²) >= 11 is 11.5. The Balaban J connectivity index is 2.32. The molecule has 0 aliphatic carbocycles. The van der Waals surface area contributed by atoms with Gasteiger partial charge in [-0.3, -0.25) is 4.57 Å². The van der Waals surface area contributed by atoms with Gasteiger partial charge in [0, 0.05) is 6.07 Å². The molecule has 102 valence electrons. The van der Waals surface area contributed by atoms with E-state index in [2.05, 4.69) is 18.0 Å². The molecule has 0 aliphatic rings. The zero-order valence-electron chi connectivity index (χ0n) is 11.1. The maximum absolute atomic E-state index is 6.07. The predicted octanol–water partition coefficient (Wildman–Crippen LogP) is 4.66. The number of para-hydroxylation sites is 1. The molecule has 3 nitrogen and oxygen atoms in total. The summed E-state index contributed by atoms with van der Waals surface area (Å²) < 4.78 is 7.90. The number of ether oxygens (including phenoxy) is 1. The molecule has 0 fully saturated rings. The molecular weight excluding hydrogens is 292 g/mol. The number of aryl methyl sites for hydroxylation is 1. The van der Waals surface area contributed by atoms with E-state index in [9.17, 15) is 0 Å². The van der Waals surface area contributed by atoms with Crippen molar-refractivity contribution in [3.8, 4) is 11.4 Å². The Morgan fingerprint density at radius 1 is 1.25 bits per heavy atom. The number of halogens is 1. The van der Waals surface area contributed by atoms with Crippen LogP contribution in [0.4, 0.5) is 0 Å². The van der Waals surface area contributed by atoms with Crippen molar-refractivity contribution in [1.82, 2.24) is 9.55 Å². The second-order valence-electron chi connectivity index (χ2n) is 4.55. The van der Waals surface area contributed by atoms with E-state index in [0.717, 1.165) is 22.3 Å². The molecule has 2 aromatic carbocycles. The fourth-order valence-corrected chi connectivity index (χ4v) is 2.82. The molecule has 0 saturated heterocycles. The van der Waals surface area contributed by atoms with Crippen LogP contribution in [0, 0.1) is 11.7 Å². The fraction of sp³-hybridized carbons (Fsp3) is 0.133. The SMILES string of the molecule is COc1cc(-n2c(=S)[nH]c3c(C)cccc32)ccc1Cl. The lowest BCUT2D eigenvalue weighted by Crippen LogP contribution is -1.95. The van der Waals surface area contributed by atoms with Crippen molar-refractivity contribution in [3.05, 3.63) is 51.8 Å². The van der Waals surface area contributed by atoms with Gasteiger partial charge in [0.25, 0.3) is 0 Å². The molecule has 0 aliphatic heterocycles. The first-order valence-electron chi connectivity index (χ1n) is 6.16. The van der Waals surface area contributed by atoms with Gasteiger partial charge in [-0.1, -0.05) is 23.7 Å². The van der Waals surface area contributed by atoms with E-state index in [-0.39, 0.29) is 0 Å². The molecule has 0 radical (unpaired) electrons. The molecule has 3 rings (SSSR count). The highest BCUT2D eigenvalue weighted by atomic mass is 35.5. The first-order valence-corrected chi connectivity index (χ1v) is 6.94. The molecular formula is C15H13ClN2OS. The maximum Gasteiger partial charge on any atom is 0.182 e. The Bertz CT molecular complexity index is 851. The number of hydrogen-bond donors (Lipinski definition) is 1. The van der Waals surface area contributed by atoms with E-state index in [1.807, 2.05) is 34.9 Å². The minimum Gasteiger partial charge on any atom is -0.495 e. The van der Waals surface area contributed by atoms with Gasteiger partial charge in [-0.15, -0.1) is 0 Å². The molecule has 1 heterocycles. The van der Waals surface area contributed by atoms with Crippen LogP contribution in [0.5, 0.6) is 5.75 Å². The summed E-state index contributed by atoms with van der Waals surface area (Å²) in [5.74, 6) is 0.632. The van der Waals surface area contributed by atoms with Crippen molar-refractivity contribution >= 4 is 34.9 Å². The minimum atomic E-state index is 0.582. The van der Waals surface area contributed by atoms with Crippen LogP contribution >= 0.6 is 23.8 Å². The summed E-state index contributed by atoms with van der Waals surface area (Å²) in [5.41, 5.74) is 4.17. The Hall–Kier alpha value is -1.78. The molecule has 1 N–H and O–H groups in total. The Labute approximate surface area is 126 Å². The number of nitrogens with zero attached hydrogens (tertiary/aromatic N) is 1. The third-order valence-corrected chi connectivity index (χ3v) is 3.92. The lowest BCUT2D eigenvalue weighted by Gasteiger charge is -2.08. The Kier molecular flexibility index (Phi) is 3.28. The van der Waals surface area contributed by atoms with Gasteiger partial charge in [-0.05, 0) is 42.9 Å². The van der Waals surface area contributed by atoms with Crippen LogP contribution in [0.15, 0.2) is 36.4 Å². The number of rotatable bonds is 2. The number of hydrogen-bond acceptors (Lipinski definition) is 2. The average molecular weight is 305 g/mol. The smallest absolute Gasteiger partial charge is 0.182 e. The first-order chi connectivity index (χ1) is 9.61. The second-order valence-corrected chi connectivity index (χ2v) is 5.35. The highest BCUT2D eigenvalue weighted by Crippen LogP contribution is 2.29. The number of nitrogens with one attached hydrogen (secondary N) is 1. The summed E-state index contributed by atoms with van der Waals surface area (Å²) in [4.78, 5) is 3.25. The van der Waals surface area contributed by atoms with Crippen LogP contribution in [0.2, 0.25) is 5.02 Å². The van der Waals surface area contributed by atoms with Gasteiger partial charge in [0.1, 0.15) is 5.75 Å². The lowest BCUT2D eigenvalue weighted by molar-refractivity contribution is 0.415. The number of benzene rings is 2. The number of methoxy groups -OCH3 is 1. The van der Waals surface area contributed by atoms with Gasteiger partial charge in [-0.25, -0.2) is 0 Å². The molecule has 0 unspecified atom stereocenters. The molecule has 0 spiro atoms. The highest BCUT2D eigenvalue weighted by Gasteiger charge is 2.10. The fourth-order valence-electron chi connectivity index (χ4n) is 2.32. The van der Waals surface area contributed by atoms with Crippen LogP contribution in [-0.2, 0) is 0 Å². The summed E-state index contributed by atoms with van der Waals surface area (Å²) in [6, 6.07) is 11.7. The monoisotopic (exact) mass is 304 g/mol. The summed E-state index contributed by atoms with van der Waals surface area (Å²) in [5, 5.41) is 0.582. The Morgan fingerprint density at radius 2 is 2.05 bits per heavy atom. The topological polar surface area (TPSA) is 29.9 Å². The van der Waals surface area contributed by atoms with Crippen molar-refractivity contribution in [2.75, 3.05) is 7.11 Å². The number of fused-ring (bicyclic) bond motifs is 1. The highest BCUT2D eigenvalue weighted by molar-refractivity contribution is 7.71. The van der Waals surface area contributed by atoms with Crippen molar-refractivity contribution < 1.29 is 4.74 Å². The Morgan fingerprint density at radius 3 is 2.80 bits per heavy atom. The molecule has 0 saturated carbocycles. The van der Waals surface area contributed by atoms with Gasteiger partial charge in [0.2, 0.25) is 0 Å². The van der Waals surface area contributed by atoms with Gasteiger partial charge in [0.15, 0.2) is 4.77 Å². The van der Waals surface area contributed by atoms with E-state index >= 15 is 0 Å². The third-order valence-electron chi connectivity index (χ3n) is 3.32. The molecule has 20 heavy (non-hydrogen) atoms. The van der Waals surface area contributed by atoms with Crippen molar-refractivity contribution in [3.63, 3.8) is 0 Å². The number of H-pyrrole nitrogens is 1. The van der Waals surface area contributed by atoms with Crippen molar-refractivity contribution in [2.45, 2.75) is 6.92 Å². The molecule has 3 aromatic rings. The van der Waals surface area contributed by atoms with Gasteiger partial charge in [0.05, 0.1) is 28.9 Å². The number of aromatic amines is 1. The zero-order chi connectivity index (χ0) is 14.3. The van der Waals surface area contributed by atoms with Crippen LogP contribution in [0.25, 0.3) is 16.7 Å². The number of imidazole rings is 1. The lowest BCUT2D eigenvalue weighted by atomic mass is 10.2. The van der Waals surface area contributed by atoms with Crippen LogP contribution in [0.3, 0.4) is 0 Å². The van der Waals surface area contributed by atoms with E-state index in [1.54, 1.807) is 7.11 Å². The van der Waals surface area contributed by atoms with E-state index in [1.165, 1.54) is 0 Å². The predicted molar refractivity (Wildman–Crippen MR) is 84.8 cm³/mol. The van der Waals surface area contributed by atoms with Crippen LogP contribution < -0.4 is 4.74 Å². The van der Waals surface area contributed by atoms with Crippen molar-refractivity contribution in [2.24, 2.45) is 0 Å². The quantitative estimate of drug-likeness (QED) is 0.698. The zero-order valence-corrected chi connectivity index (χ0v) is 12.7. The summed E-state index contributed by atoms with van der Waals surface area (Å²) in [6.45, 7) is 2.06. The van der Waals surface area contributed by atoms with Crippen LogP contribution in [0.1, 0.15) is 5.56 Å². The summed E-state index contributed by atoms with van der Waals surface area (Å²) in [7, 11) is 1.60. The second kappa shape index (κ2) is 4.96. The van der Waals surface area contributed by atoms with Gasteiger partial charge >= 0.3 is 0 Å². The molecule has 1 aromatic heterocycles. The van der Waals surface area contributed by atoms with Gasteiger partial charge in [-0.2, -0.15) is 0 Å². The standard InChI is InChI=1S/C15H13ClN2OS/c1-9-4-3-5-12-14(9)17-15(20)18(12)10-6-7-11(16)13(8-10)19-2/h3-8H,1-2H3,(H,17,20). The van der Waals surface area contributed by atoms with Gasteiger partial charge < -0.3 is 9.72 Å². The maximum atomic E-state index is 6.07. The van der Waals surface area contributed by atoms with Crippen LogP contribution in [-0.4, -0.2) is 16.7 Å². The third kappa shape index (κ3) is 2.01. The summed E-state index contributed by atoms with van der Waals surface area (Å²) in [6.07, 6.45) is 0. The normalized spacial score (nSPS) is 10.9. The van der Waals surface area contributed by atoms with E-state index in [0.29, 0.717) is 15.5 Å². The first kappa shape index (κ1) is 13.2. The largest absolute Gasteiger partial charge is 0.495 e. The van der Waals surface area contributed by atoms with E-state index < -0.39 is 0 Å². The number of aromatic nitrogens is 2. The van der Waals surface area contributed by atoms with Crippen molar-refractivity contribution in [1.29, 1.82) is 0 Å². The molecule has 0 atom stereocenters.